The van der Waals surface area contributed by atoms with E-state index in [-0.39, 0.29) is 5.56 Å². The predicted octanol–water partition coefficient (Wildman–Crippen LogP) is 16.8. The highest BCUT2D eigenvalue weighted by Crippen LogP contribution is 2.56. The van der Waals surface area contributed by atoms with Crippen molar-refractivity contribution < 1.29 is 25.5 Å². The number of para-hydroxylation sites is 1. The second-order valence-corrected chi connectivity index (χ2v) is 18.1. The average molecular weight is 947 g/mol. The van der Waals surface area contributed by atoms with E-state index in [1.165, 1.54) is 0 Å². The van der Waals surface area contributed by atoms with Gasteiger partial charge in [-0.3, -0.25) is 0 Å². The quantitative estimate of drug-likeness (QED) is 0.0690. The van der Waals surface area contributed by atoms with Gasteiger partial charge in [-0.15, -0.1) is 0 Å². The van der Waals surface area contributed by atoms with E-state index in [1.54, 1.807) is 12.1 Å². The smallest absolute Gasteiger partial charge is 0.208 e. The lowest BCUT2D eigenvalue weighted by molar-refractivity contribution is 0.330. The van der Waals surface area contributed by atoms with Crippen LogP contribution in [0.4, 0.5) is 17.1 Å². The first-order valence-corrected chi connectivity index (χ1v) is 24.0. The number of fused-ring (bicyclic) bond motifs is 3. The molecule has 5 N–H and O–H groups in total. The predicted molar refractivity (Wildman–Crippen MR) is 296 cm³/mol. The van der Waals surface area contributed by atoms with Gasteiger partial charge in [0.15, 0.2) is 11.5 Å². The second-order valence-electron chi connectivity index (χ2n) is 18.1. The molecule has 11 aromatic carbocycles. The molecule has 0 fully saturated rings. The van der Waals surface area contributed by atoms with Crippen molar-refractivity contribution in [2.75, 3.05) is 4.90 Å². The van der Waals surface area contributed by atoms with Gasteiger partial charge in [0.1, 0.15) is 0 Å². The van der Waals surface area contributed by atoms with Crippen LogP contribution >= 0.6 is 0 Å². The molecule has 0 saturated heterocycles. The summed E-state index contributed by atoms with van der Waals surface area (Å²) in [5.74, 6) is -4.37. The van der Waals surface area contributed by atoms with Crippen LogP contribution in [0.5, 0.6) is 28.7 Å². The molecule has 12 aromatic rings. The number of aromatic nitrogens is 1. The summed E-state index contributed by atoms with van der Waals surface area (Å²) in [6, 6.07) is 85.8. The Morgan fingerprint density at radius 3 is 1.23 bits per heavy atom. The zero-order valence-corrected chi connectivity index (χ0v) is 39.3. The van der Waals surface area contributed by atoms with Gasteiger partial charge in [0.25, 0.3) is 0 Å². The van der Waals surface area contributed by atoms with E-state index >= 15 is 0 Å². The summed E-state index contributed by atoms with van der Waals surface area (Å²) in [6.45, 7) is 0. The number of anilines is 3. The normalized spacial score (nSPS) is 11.3. The van der Waals surface area contributed by atoms with Crippen molar-refractivity contribution in [3.8, 4) is 101 Å². The molecule has 0 aliphatic rings. The number of phenolic OH excluding ortho intramolecular Hbond substituents is 5. The number of aromatic hydroxyl groups is 5. The fourth-order valence-electron chi connectivity index (χ4n) is 10.3. The first-order chi connectivity index (χ1) is 35.8. The Bertz CT molecular complexity index is 3940. The van der Waals surface area contributed by atoms with Crippen LogP contribution in [0.3, 0.4) is 0 Å². The van der Waals surface area contributed by atoms with Gasteiger partial charge in [-0.2, -0.15) is 0 Å². The lowest BCUT2D eigenvalue weighted by Crippen LogP contribution is -2.10. The highest BCUT2D eigenvalue weighted by atomic mass is 16.4. The van der Waals surface area contributed by atoms with E-state index in [9.17, 15) is 25.5 Å². The Labute approximate surface area is 421 Å². The molecule has 1 heterocycles. The van der Waals surface area contributed by atoms with Gasteiger partial charge in [0, 0.05) is 33.5 Å². The van der Waals surface area contributed by atoms with Crippen molar-refractivity contribution in [2.24, 2.45) is 0 Å². The van der Waals surface area contributed by atoms with Gasteiger partial charge in [0.05, 0.1) is 16.6 Å². The number of rotatable bonds is 10. The highest BCUT2D eigenvalue weighted by Gasteiger charge is 2.26. The van der Waals surface area contributed by atoms with Crippen LogP contribution < -0.4 is 4.90 Å². The van der Waals surface area contributed by atoms with Crippen LogP contribution in [-0.4, -0.2) is 30.1 Å². The summed E-state index contributed by atoms with van der Waals surface area (Å²) >= 11 is 0. The van der Waals surface area contributed by atoms with Crippen LogP contribution in [0, 0.1) is 0 Å². The third-order valence-electron chi connectivity index (χ3n) is 13.7. The molecule has 0 aliphatic carbocycles. The van der Waals surface area contributed by atoms with E-state index < -0.39 is 28.7 Å². The lowest BCUT2D eigenvalue weighted by Gasteiger charge is -2.27. The summed E-state index contributed by atoms with van der Waals surface area (Å²) in [5.41, 5.74) is 16.3. The van der Waals surface area contributed by atoms with Gasteiger partial charge in [-0.25, -0.2) is 0 Å². The number of benzene rings is 11. The second kappa shape index (κ2) is 18.4. The van der Waals surface area contributed by atoms with Crippen molar-refractivity contribution in [1.82, 2.24) is 4.57 Å². The minimum absolute atomic E-state index is 0.207. The molecular weight excluding hydrogens is 901 g/mol. The maximum Gasteiger partial charge on any atom is 0.208 e. The standard InChI is InChI=1S/C66H46N2O5/c69-62-61(63(70)65(72)66(73)64(62)71)58-33-10-9-31-55(58)47-24-16-28-52(40-47)68-59-34-12-11-32-56(59)57-36-35-48(41-60(57)68)54-30-8-7-29-53(54)46-23-15-27-51(39-46)67(49-25-13-21-44(37-49)42-17-3-1-4-18-42)50-26-14-22-45(38-50)43-19-5-2-6-20-43/h1-41,69-73H. The molecule has 0 aliphatic heterocycles. The molecule has 350 valence electrons. The molecule has 0 amide bonds. The van der Waals surface area contributed by atoms with Crippen molar-refractivity contribution in [3.63, 3.8) is 0 Å². The Morgan fingerprint density at radius 2 is 0.658 bits per heavy atom. The Balaban J connectivity index is 0.979. The fraction of sp³-hybridized carbons (Fsp3) is 0. The van der Waals surface area contributed by atoms with E-state index in [2.05, 4.69) is 191 Å². The van der Waals surface area contributed by atoms with Crippen molar-refractivity contribution in [1.29, 1.82) is 0 Å². The molecule has 73 heavy (non-hydrogen) atoms. The van der Waals surface area contributed by atoms with Crippen LogP contribution in [-0.2, 0) is 0 Å². The number of hydrogen-bond donors (Lipinski definition) is 5. The summed E-state index contributed by atoms with van der Waals surface area (Å²) < 4.78 is 2.25. The topological polar surface area (TPSA) is 109 Å². The monoisotopic (exact) mass is 946 g/mol. The molecule has 0 atom stereocenters. The molecule has 0 saturated carbocycles. The minimum Gasteiger partial charge on any atom is -0.504 e. The van der Waals surface area contributed by atoms with Crippen LogP contribution in [0.25, 0.3) is 94.3 Å². The molecule has 7 heteroatoms. The summed E-state index contributed by atoms with van der Waals surface area (Å²) in [5, 5.41) is 55.3. The molecular formula is C66H46N2O5. The average Bonchev–Trinajstić information content (AvgIpc) is 3.79. The maximum absolute atomic E-state index is 11.0. The molecule has 0 radical (unpaired) electrons. The number of phenols is 5. The molecule has 12 rings (SSSR count). The Morgan fingerprint density at radius 1 is 0.260 bits per heavy atom. The summed E-state index contributed by atoms with van der Waals surface area (Å²) in [7, 11) is 0. The van der Waals surface area contributed by atoms with Crippen molar-refractivity contribution >= 4 is 38.9 Å². The van der Waals surface area contributed by atoms with Gasteiger partial charge in [-0.1, -0.05) is 188 Å². The van der Waals surface area contributed by atoms with E-state index in [4.69, 9.17) is 0 Å². The van der Waals surface area contributed by atoms with Gasteiger partial charge < -0.3 is 35.0 Å². The lowest BCUT2D eigenvalue weighted by atomic mass is 9.92. The molecule has 7 nitrogen and oxygen atoms in total. The molecule has 1 aromatic heterocycles. The Hall–Kier alpha value is -9.98. The van der Waals surface area contributed by atoms with Crippen molar-refractivity contribution in [2.45, 2.75) is 0 Å². The van der Waals surface area contributed by atoms with E-state index in [0.717, 1.165) is 94.6 Å². The highest BCUT2D eigenvalue weighted by molar-refractivity contribution is 6.10. The number of nitrogens with zero attached hydrogens (tertiary/aromatic N) is 2. The first kappa shape index (κ1) is 44.2. The third kappa shape index (κ3) is 7.91. The minimum atomic E-state index is -1.01. The fourth-order valence-corrected chi connectivity index (χ4v) is 10.3. The van der Waals surface area contributed by atoms with Gasteiger partial charge in [0.2, 0.25) is 17.2 Å². The van der Waals surface area contributed by atoms with Crippen LogP contribution in [0.1, 0.15) is 0 Å². The van der Waals surface area contributed by atoms with Gasteiger partial charge >= 0.3 is 0 Å². The first-order valence-electron chi connectivity index (χ1n) is 24.0. The SMILES string of the molecule is Oc1c(O)c(O)c(-c2ccccc2-c2cccc(-n3c4ccccc4c4ccc(-c5ccccc5-c5cccc(N(c6cccc(-c7ccccc7)c6)c6cccc(-c7ccccc7)c6)c5)cc43)c2)c(O)c1O. The zero-order chi connectivity index (χ0) is 49.6. The van der Waals surface area contributed by atoms with Crippen molar-refractivity contribution in [3.05, 3.63) is 249 Å². The van der Waals surface area contributed by atoms with E-state index in [0.29, 0.717) is 11.1 Å². The van der Waals surface area contributed by atoms with Crippen LogP contribution in [0.15, 0.2) is 249 Å². The van der Waals surface area contributed by atoms with E-state index in [1.807, 2.05) is 54.6 Å². The summed E-state index contributed by atoms with van der Waals surface area (Å²) in [4.78, 5) is 2.34. The van der Waals surface area contributed by atoms with Crippen LogP contribution in [0.2, 0.25) is 0 Å². The zero-order valence-electron chi connectivity index (χ0n) is 39.3. The summed E-state index contributed by atoms with van der Waals surface area (Å²) in [6.07, 6.45) is 0. The Kier molecular flexibility index (Phi) is 11.2. The molecule has 0 bridgehead atoms. The molecule has 0 unspecified atom stereocenters. The van der Waals surface area contributed by atoms with Gasteiger partial charge in [-0.05, 0) is 122 Å². The maximum atomic E-state index is 11.0. The number of hydrogen-bond acceptors (Lipinski definition) is 6. The molecule has 0 spiro atoms. The third-order valence-corrected chi connectivity index (χ3v) is 13.7. The largest absolute Gasteiger partial charge is 0.504 e.